The van der Waals surface area contributed by atoms with E-state index in [9.17, 15) is 4.39 Å². The van der Waals surface area contributed by atoms with Crippen LogP contribution in [0.4, 0.5) is 10.1 Å². The van der Waals surface area contributed by atoms with Crippen LogP contribution in [0.5, 0.6) is 5.75 Å². The molecule has 1 aromatic rings. The zero-order valence-electron chi connectivity index (χ0n) is 10.5. The highest BCUT2D eigenvalue weighted by atomic mass is 19.1. The Balaban J connectivity index is 1.98. The van der Waals surface area contributed by atoms with Gasteiger partial charge in [0.25, 0.3) is 0 Å². The van der Waals surface area contributed by atoms with Gasteiger partial charge in [-0.1, -0.05) is 13.8 Å². The lowest BCUT2D eigenvalue weighted by molar-refractivity contribution is 0.0993. The summed E-state index contributed by atoms with van der Waals surface area (Å²) >= 11 is 0. The molecule has 94 valence electrons. The van der Waals surface area contributed by atoms with Gasteiger partial charge in [-0.25, -0.2) is 4.39 Å². The van der Waals surface area contributed by atoms with Crippen LogP contribution >= 0.6 is 0 Å². The molecular formula is C14H20FNO. The molecule has 0 amide bonds. The van der Waals surface area contributed by atoms with Gasteiger partial charge in [0.05, 0.1) is 11.8 Å². The molecule has 1 fully saturated rings. The molecule has 0 atom stereocenters. The van der Waals surface area contributed by atoms with Crippen LogP contribution in [0.3, 0.4) is 0 Å². The second-order valence-corrected chi connectivity index (χ2v) is 5.66. The minimum Gasteiger partial charge on any atom is -0.488 e. The Morgan fingerprint density at radius 3 is 2.53 bits per heavy atom. The van der Waals surface area contributed by atoms with E-state index >= 15 is 0 Å². The molecule has 0 aliphatic heterocycles. The number of rotatable bonds is 2. The van der Waals surface area contributed by atoms with Gasteiger partial charge in [0.15, 0.2) is 0 Å². The lowest BCUT2D eigenvalue weighted by Gasteiger charge is -2.34. The maximum atomic E-state index is 12.9. The van der Waals surface area contributed by atoms with Gasteiger partial charge in [-0.3, -0.25) is 0 Å². The first kappa shape index (κ1) is 12.2. The van der Waals surface area contributed by atoms with Gasteiger partial charge in [-0.05, 0) is 43.2 Å². The molecule has 0 radical (unpaired) electrons. The van der Waals surface area contributed by atoms with Crippen molar-refractivity contribution in [1.29, 1.82) is 0 Å². The van der Waals surface area contributed by atoms with E-state index in [-0.39, 0.29) is 11.9 Å². The SMILES string of the molecule is CC1(C)CCC(Oc2ccc(F)cc2N)CC1. The zero-order valence-corrected chi connectivity index (χ0v) is 10.5. The lowest BCUT2D eigenvalue weighted by Crippen LogP contribution is -2.28. The molecule has 1 aromatic carbocycles. The van der Waals surface area contributed by atoms with E-state index in [1.54, 1.807) is 6.07 Å². The molecule has 0 unspecified atom stereocenters. The van der Waals surface area contributed by atoms with Crippen molar-refractivity contribution in [2.75, 3.05) is 5.73 Å². The molecule has 0 bridgehead atoms. The second kappa shape index (κ2) is 4.55. The second-order valence-electron chi connectivity index (χ2n) is 5.66. The Kier molecular flexibility index (Phi) is 3.27. The van der Waals surface area contributed by atoms with E-state index in [2.05, 4.69) is 13.8 Å². The van der Waals surface area contributed by atoms with Gasteiger partial charge in [0.2, 0.25) is 0 Å². The molecule has 1 saturated carbocycles. The van der Waals surface area contributed by atoms with Crippen LogP contribution in [0.2, 0.25) is 0 Å². The normalized spacial score (nSPS) is 20.2. The van der Waals surface area contributed by atoms with Gasteiger partial charge in [-0.15, -0.1) is 0 Å². The molecule has 2 N–H and O–H groups in total. The number of anilines is 1. The summed E-state index contributed by atoms with van der Waals surface area (Å²) in [6.07, 6.45) is 4.64. The van der Waals surface area contributed by atoms with Gasteiger partial charge in [0.1, 0.15) is 11.6 Å². The third kappa shape index (κ3) is 3.11. The van der Waals surface area contributed by atoms with E-state index in [0.29, 0.717) is 16.9 Å². The molecular weight excluding hydrogens is 217 g/mol. The topological polar surface area (TPSA) is 35.2 Å². The molecule has 1 aliphatic rings. The summed E-state index contributed by atoms with van der Waals surface area (Å²) in [6.45, 7) is 4.57. The lowest BCUT2D eigenvalue weighted by atomic mass is 9.76. The molecule has 0 saturated heterocycles. The number of nitrogen functional groups attached to an aromatic ring is 1. The highest BCUT2D eigenvalue weighted by Crippen LogP contribution is 2.37. The molecule has 1 aliphatic carbocycles. The number of ether oxygens (including phenoxy) is 1. The van der Waals surface area contributed by atoms with Crippen molar-refractivity contribution < 1.29 is 9.13 Å². The highest BCUT2D eigenvalue weighted by Gasteiger charge is 2.28. The van der Waals surface area contributed by atoms with Crippen molar-refractivity contribution in [3.05, 3.63) is 24.0 Å². The molecule has 0 aromatic heterocycles. The number of benzene rings is 1. The van der Waals surface area contributed by atoms with Crippen LogP contribution in [0, 0.1) is 11.2 Å². The van der Waals surface area contributed by atoms with Gasteiger partial charge >= 0.3 is 0 Å². The van der Waals surface area contributed by atoms with E-state index in [1.165, 1.54) is 25.0 Å². The first-order valence-corrected chi connectivity index (χ1v) is 6.18. The number of halogens is 1. The van der Waals surface area contributed by atoms with Crippen molar-refractivity contribution >= 4 is 5.69 Å². The fraction of sp³-hybridized carbons (Fsp3) is 0.571. The number of hydrogen-bond acceptors (Lipinski definition) is 2. The minimum atomic E-state index is -0.320. The maximum Gasteiger partial charge on any atom is 0.142 e. The van der Waals surface area contributed by atoms with Gasteiger partial charge < -0.3 is 10.5 Å². The van der Waals surface area contributed by atoms with Crippen molar-refractivity contribution in [2.45, 2.75) is 45.6 Å². The van der Waals surface area contributed by atoms with Crippen LogP contribution in [0.15, 0.2) is 18.2 Å². The molecule has 0 heterocycles. The number of nitrogens with two attached hydrogens (primary N) is 1. The van der Waals surface area contributed by atoms with Crippen molar-refractivity contribution in [3.8, 4) is 5.75 Å². The van der Waals surface area contributed by atoms with E-state index < -0.39 is 0 Å². The van der Waals surface area contributed by atoms with Crippen molar-refractivity contribution in [1.82, 2.24) is 0 Å². The standard InChI is InChI=1S/C14H20FNO/c1-14(2)7-5-11(6-8-14)17-13-4-3-10(15)9-12(13)16/h3-4,9,11H,5-8,16H2,1-2H3. The van der Waals surface area contributed by atoms with Crippen LogP contribution in [0.25, 0.3) is 0 Å². The molecule has 0 spiro atoms. The van der Waals surface area contributed by atoms with Gasteiger partial charge in [0, 0.05) is 6.07 Å². The molecule has 17 heavy (non-hydrogen) atoms. The fourth-order valence-corrected chi connectivity index (χ4v) is 2.30. The summed E-state index contributed by atoms with van der Waals surface area (Å²) in [4.78, 5) is 0. The van der Waals surface area contributed by atoms with Crippen molar-refractivity contribution in [2.24, 2.45) is 5.41 Å². The summed E-state index contributed by atoms with van der Waals surface area (Å²) in [5.41, 5.74) is 6.54. The minimum absolute atomic E-state index is 0.218. The number of hydrogen-bond donors (Lipinski definition) is 1. The largest absolute Gasteiger partial charge is 0.488 e. The highest BCUT2D eigenvalue weighted by molar-refractivity contribution is 5.52. The fourth-order valence-electron chi connectivity index (χ4n) is 2.30. The van der Waals surface area contributed by atoms with Crippen LogP contribution in [0.1, 0.15) is 39.5 Å². The van der Waals surface area contributed by atoms with Crippen LogP contribution < -0.4 is 10.5 Å². The maximum absolute atomic E-state index is 12.9. The summed E-state index contributed by atoms with van der Waals surface area (Å²) in [5.74, 6) is 0.288. The monoisotopic (exact) mass is 237 g/mol. The molecule has 3 heteroatoms. The average Bonchev–Trinajstić information content (AvgIpc) is 2.25. The first-order chi connectivity index (χ1) is 7.96. The van der Waals surface area contributed by atoms with Crippen LogP contribution in [-0.2, 0) is 0 Å². The summed E-state index contributed by atoms with van der Waals surface area (Å²) < 4.78 is 18.7. The summed E-state index contributed by atoms with van der Waals surface area (Å²) in [7, 11) is 0. The van der Waals surface area contributed by atoms with Crippen molar-refractivity contribution in [3.63, 3.8) is 0 Å². The van der Waals surface area contributed by atoms with Gasteiger partial charge in [-0.2, -0.15) is 0 Å². The molecule has 2 rings (SSSR count). The van der Waals surface area contributed by atoms with E-state index in [4.69, 9.17) is 10.5 Å². The van der Waals surface area contributed by atoms with E-state index in [0.717, 1.165) is 12.8 Å². The predicted molar refractivity (Wildman–Crippen MR) is 67.5 cm³/mol. The third-order valence-corrected chi connectivity index (χ3v) is 3.55. The Bertz CT molecular complexity index is 393. The Labute approximate surface area is 102 Å². The molecule has 2 nitrogen and oxygen atoms in total. The third-order valence-electron chi connectivity index (χ3n) is 3.55. The Morgan fingerprint density at radius 2 is 1.94 bits per heavy atom. The quantitative estimate of drug-likeness (QED) is 0.795. The Hall–Kier alpha value is -1.25. The summed E-state index contributed by atoms with van der Waals surface area (Å²) in [5, 5.41) is 0. The average molecular weight is 237 g/mol. The van der Waals surface area contributed by atoms with E-state index in [1.807, 2.05) is 0 Å². The zero-order chi connectivity index (χ0) is 12.5. The van der Waals surface area contributed by atoms with Crippen LogP contribution in [-0.4, -0.2) is 6.10 Å². The Morgan fingerprint density at radius 1 is 1.29 bits per heavy atom. The smallest absolute Gasteiger partial charge is 0.142 e. The summed E-state index contributed by atoms with van der Waals surface area (Å²) in [6, 6.07) is 4.31. The predicted octanol–water partition coefficient (Wildman–Crippen LogP) is 3.76. The first-order valence-electron chi connectivity index (χ1n) is 6.18.